The van der Waals surface area contributed by atoms with E-state index in [9.17, 15) is 4.79 Å². The molecule has 0 amide bonds. The highest BCUT2D eigenvalue weighted by Crippen LogP contribution is 2.13. The largest absolute Gasteiger partial charge is 0.463 e. The second-order valence-corrected chi connectivity index (χ2v) is 5.15. The lowest BCUT2D eigenvalue weighted by molar-refractivity contribution is -0.151. The van der Waals surface area contributed by atoms with Crippen molar-refractivity contribution in [2.24, 2.45) is 5.92 Å². The van der Waals surface area contributed by atoms with E-state index >= 15 is 0 Å². The van der Waals surface area contributed by atoms with Gasteiger partial charge in [-0.1, -0.05) is 34.1 Å². The molecule has 0 saturated heterocycles. The molecule has 0 aromatic rings. The van der Waals surface area contributed by atoms with Gasteiger partial charge in [-0.05, 0) is 25.7 Å². The fraction of sp³-hybridized carbons (Fsp3) is 0.933. The second-order valence-electron chi connectivity index (χ2n) is 5.15. The summed E-state index contributed by atoms with van der Waals surface area (Å²) in [6, 6.07) is 0. The molecule has 0 fully saturated rings. The van der Waals surface area contributed by atoms with E-state index in [1.807, 2.05) is 6.92 Å². The van der Waals surface area contributed by atoms with E-state index in [1.165, 1.54) is 0 Å². The molecule has 0 N–H and O–H groups in total. The molecule has 18 heavy (non-hydrogen) atoms. The molecule has 0 aliphatic rings. The van der Waals surface area contributed by atoms with Crippen molar-refractivity contribution < 1.29 is 14.3 Å². The van der Waals surface area contributed by atoms with E-state index < -0.39 is 0 Å². The smallest absolute Gasteiger partial charge is 0.306 e. The van der Waals surface area contributed by atoms with Gasteiger partial charge in [0.2, 0.25) is 0 Å². The Bertz CT molecular complexity index is 216. The molecule has 0 aromatic carbocycles. The highest BCUT2D eigenvalue weighted by atomic mass is 16.5. The Balaban J connectivity index is 3.92. The summed E-state index contributed by atoms with van der Waals surface area (Å²) in [6.45, 7) is 11.1. The molecule has 0 saturated carbocycles. The van der Waals surface area contributed by atoms with Gasteiger partial charge in [0.15, 0.2) is 0 Å². The van der Waals surface area contributed by atoms with Gasteiger partial charge in [0.05, 0.1) is 6.10 Å². The number of carbonyl (C=O) groups excluding carboxylic acids is 1. The third-order valence-electron chi connectivity index (χ3n) is 3.15. The van der Waals surface area contributed by atoms with Crippen molar-refractivity contribution in [1.29, 1.82) is 0 Å². The molecular formula is C15H30O3. The van der Waals surface area contributed by atoms with E-state index in [1.54, 1.807) is 0 Å². The summed E-state index contributed by atoms with van der Waals surface area (Å²) in [7, 11) is 0. The molecule has 0 radical (unpaired) electrons. The minimum atomic E-state index is -0.0813. The zero-order valence-electron chi connectivity index (χ0n) is 12.7. The lowest BCUT2D eigenvalue weighted by atomic mass is 10.1. The van der Waals surface area contributed by atoms with Crippen LogP contribution in [-0.4, -0.2) is 24.8 Å². The Morgan fingerprint density at radius 1 is 1.11 bits per heavy atom. The fourth-order valence-corrected chi connectivity index (χ4v) is 1.76. The van der Waals surface area contributed by atoms with Gasteiger partial charge in [0.1, 0.15) is 6.10 Å². The van der Waals surface area contributed by atoms with E-state index in [0.717, 1.165) is 32.3 Å². The van der Waals surface area contributed by atoms with Gasteiger partial charge in [-0.2, -0.15) is 0 Å². The monoisotopic (exact) mass is 258 g/mol. The van der Waals surface area contributed by atoms with E-state index in [2.05, 4.69) is 27.7 Å². The van der Waals surface area contributed by atoms with Crippen LogP contribution in [0.15, 0.2) is 0 Å². The highest BCUT2D eigenvalue weighted by Gasteiger charge is 2.16. The maximum absolute atomic E-state index is 11.6. The third kappa shape index (κ3) is 8.51. The average Bonchev–Trinajstić information content (AvgIpc) is 2.33. The minimum Gasteiger partial charge on any atom is -0.463 e. The molecule has 0 heterocycles. The van der Waals surface area contributed by atoms with Gasteiger partial charge in [-0.3, -0.25) is 4.79 Å². The third-order valence-corrected chi connectivity index (χ3v) is 3.15. The summed E-state index contributed by atoms with van der Waals surface area (Å²) in [6.07, 6.45) is 4.47. The first kappa shape index (κ1) is 17.4. The molecule has 3 atom stereocenters. The predicted octanol–water partition coefficient (Wildman–Crippen LogP) is 3.95. The molecule has 0 aliphatic heterocycles. The molecular weight excluding hydrogens is 228 g/mol. The van der Waals surface area contributed by atoms with Crippen LogP contribution in [0.5, 0.6) is 0 Å². The fourth-order valence-electron chi connectivity index (χ4n) is 1.76. The average molecular weight is 258 g/mol. The molecule has 3 nitrogen and oxygen atoms in total. The van der Waals surface area contributed by atoms with Crippen molar-refractivity contribution in [2.45, 2.75) is 78.9 Å². The van der Waals surface area contributed by atoms with Crippen LogP contribution >= 0.6 is 0 Å². The molecule has 3 heteroatoms. The van der Waals surface area contributed by atoms with Crippen LogP contribution in [0.3, 0.4) is 0 Å². The van der Waals surface area contributed by atoms with Crippen molar-refractivity contribution >= 4 is 5.97 Å². The van der Waals surface area contributed by atoms with Crippen molar-refractivity contribution in [2.75, 3.05) is 6.61 Å². The lowest BCUT2D eigenvalue weighted by Crippen LogP contribution is -2.24. The first-order valence-electron chi connectivity index (χ1n) is 7.34. The SMILES string of the molecule is CCCOC(CC)CC(C)OC(=O)CC(C)CC. The second kappa shape index (κ2) is 10.4. The maximum atomic E-state index is 11.6. The first-order valence-corrected chi connectivity index (χ1v) is 7.34. The molecule has 108 valence electrons. The summed E-state index contributed by atoms with van der Waals surface area (Å²) in [5.74, 6) is 0.324. The summed E-state index contributed by atoms with van der Waals surface area (Å²) in [4.78, 5) is 11.6. The number of hydrogen-bond donors (Lipinski definition) is 0. The van der Waals surface area contributed by atoms with Crippen molar-refractivity contribution in [3.63, 3.8) is 0 Å². The van der Waals surface area contributed by atoms with Crippen LogP contribution in [0.25, 0.3) is 0 Å². The maximum Gasteiger partial charge on any atom is 0.306 e. The number of ether oxygens (including phenoxy) is 2. The van der Waals surface area contributed by atoms with Crippen molar-refractivity contribution in [3.8, 4) is 0 Å². The van der Waals surface area contributed by atoms with Crippen LogP contribution in [-0.2, 0) is 14.3 Å². The quantitative estimate of drug-likeness (QED) is 0.557. The van der Waals surface area contributed by atoms with Gasteiger partial charge >= 0.3 is 5.97 Å². The van der Waals surface area contributed by atoms with Crippen LogP contribution in [0.4, 0.5) is 0 Å². The molecule has 0 aromatic heterocycles. The predicted molar refractivity (Wildman–Crippen MR) is 74.6 cm³/mol. The Kier molecular flexibility index (Phi) is 10.0. The van der Waals surface area contributed by atoms with Crippen molar-refractivity contribution in [1.82, 2.24) is 0 Å². The summed E-state index contributed by atoms with van der Waals surface area (Å²) < 4.78 is 11.1. The van der Waals surface area contributed by atoms with Crippen LogP contribution in [0, 0.1) is 5.92 Å². The Hall–Kier alpha value is -0.570. The van der Waals surface area contributed by atoms with Gasteiger partial charge in [-0.25, -0.2) is 0 Å². The Labute approximate surface area is 112 Å². The molecule has 0 rings (SSSR count). The standard InChI is InChI=1S/C15H30O3/c1-6-9-17-14(8-3)11-13(5)18-15(16)10-12(4)7-2/h12-14H,6-11H2,1-5H3. The Morgan fingerprint density at radius 3 is 2.28 bits per heavy atom. The van der Waals surface area contributed by atoms with E-state index in [4.69, 9.17) is 9.47 Å². The van der Waals surface area contributed by atoms with Crippen molar-refractivity contribution in [3.05, 3.63) is 0 Å². The zero-order valence-corrected chi connectivity index (χ0v) is 12.7. The van der Waals surface area contributed by atoms with E-state index in [-0.39, 0.29) is 18.2 Å². The summed E-state index contributed by atoms with van der Waals surface area (Å²) in [5.41, 5.74) is 0. The molecule has 0 bridgehead atoms. The van der Waals surface area contributed by atoms with Gasteiger partial charge in [0, 0.05) is 19.4 Å². The molecule has 3 unspecified atom stereocenters. The van der Waals surface area contributed by atoms with Crippen LogP contribution in [0.2, 0.25) is 0 Å². The van der Waals surface area contributed by atoms with Gasteiger partial charge in [0.25, 0.3) is 0 Å². The molecule has 0 aliphatic carbocycles. The first-order chi connectivity index (χ1) is 8.53. The number of esters is 1. The summed E-state index contributed by atoms with van der Waals surface area (Å²) in [5, 5.41) is 0. The normalized spacial score (nSPS) is 16.1. The van der Waals surface area contributed by atoms with Gasteiger partial charge in [-0.15, -0.1) is 0 Å². The lowest BCUT2D eigenvalue weighted by Gasteiger charge is -2.21. The van der Waals surface area contributed by atoms with Crippen LogP contribution < -0.4 is 0 Å². The number of hydrogen-bond acceptors (Lipinski definition) is 3. The highest BCUT2D eigenvalue weighted by molar-refractivity contribution is 5.69. The minimum absolute atomic E-state index is 0.0524. The van der Waals surface area contributed by atoms with Gasteiger partial charge < -0.3 is 9.47 Å². The van der Waals surface area contributed by atoms with E-state index in [0.29, 0.717) is 12.3 Å². The topological polar surface area (TPSA) is 35.5 Å². The summed E-state index contributed by atoms with van der Waals surface area (Å²) >= 11 is 0. The number of carbonyl (C=O) groups is 1. The molecule has 0 spiro atoms. The zero-order chi connectivity index (χ0) is 14.0. The van der Waals surface area contributed by atoms with Crippen LogP contribution in [0.1, 0.15) is 66.7 Å². The Morgan fingerprint density at radius 2 is 1.78 bits per heavy atom. The number of rotatable bonds is 10.